The highest BCUT2D eigenvalue weighted by molar-refractivity contribution is 8.00. The average molecular weight is 251 g/mol. The van der Waals surface area contributed by atoms with Crippen LogP contribution < -0.4 is 5.73 Å². The molecule has 2 aromatic rings. The van der Waals surface area contributed by atoms with Gasteiger partial charge in [0.15, 0.2) is 5.65 Å². The summed E-state index contributed by atoms with van der Waals surface area (Å²) in [7, 11) is 0. The number of aromatic nitrogens is 4. The van der Waals surface area contributed by atoms with Gasteiger partial charge in [0.05, 0.1) is 6.33 Å². The summed E-state index contributed by atoms with van der Waals surface area (Å²) in [5, 5.41) is 1.42. The molecule has 6 nitrogen and oxygen atoms in total. The molecule has 0 aromatic carbocycles. The summed E-state index contributed by atoms with van der Waals surface area (Å²) in [4.78, 5) is 15.5. The lowest BCUT2D eigenvalue weighted by molar-refractivity contribution is 0.1000. The van der Waals surface area contributed by atoms with E-state index in [1.807, 2.05) is 0 Å². The Balaban J connectivity index is 1.90. The van der Waals surface area contributed by atoms with Crippen LogP contribution in [0.15, 0.2) is 11.4 Å². The average Bonchev–Trinajstić information content (AvgIpc) is 2.78. The second-order valence-electron chi connectivity index (χ2n) is 3.92. The first-order valence-corrected chi connectivity index (χ1v) is 6.42. The molecule has 17 heavy (non-hydrogen) atoms. The van der Waals surface area contributed by atoms with Gasteiger partial charge in [-0.1, -0.05) is 0 Å². The summed E-state index contributed by atoms with van der Waals surface area (Å²) in [5.74, 6) is 0.277. The van der Waals surface area contributed by atoms with Crippen LogP contribution >= 0.6 is 11.8 Å². The van der Waals surface area contributed by atoms with Gasteiger partial charge in [-0.15, -0.1) is 11.8 Å². The highest BCUT2D eigenvalue weighted by Gasteiger charge is 2.18. The Bertz CT molecular complexity index is 522. The molecular formula is C10H13N5OS. The molecule has 1 aliphatic heterocycles. The summed E-state index contributed by atoms with van der Waals surface area (Å²) in [6.45, 7) is 1.65. The number of thioether (sulfide) groups is 1. The molecule has 0 bridgehead atoms. The molecule has 0 saturated carbocycles. The number of rotatable bonds is 2. The van der Waals surface area contributed by atoms with Crippen molar-refractivity contribution in [1.82, 2.24) is 19.9 Å². The first-order chi connectivity index (χ1) is 8.33. The molecule has 1 saturated heterocycles. The van der Waals surface area contributed by atoms with Crippen molar-refractivity contribution in [2.45, 2.75) is 23.1 Å². The highest BCUT2D eigenvalue weighted by Crippen LogP contribution is 2.31. The summed E-state index contributed by atoms with van der Waals surface area (Å²) >= 11 is 1.73. The molecule has 0 radical (unpaired) electrons. The van der Waals surface area contributed by atoms with Crippen LogP contribution in [0.3, 0.4) is 0 Å². The number of imidazole rings is 1. The highest BCUT2D eigenvalue weighted by atomic mass is 32.2. The van der Waals surface area contributed by atoms with Crippen molar-refractivity contribution in [3.63, 3.8) is 0 Å². The van der Waals surface area contributed by atoms with E-state index < -0.39 is 0 Å². The number of fused-ring (bicyclic) bond motifs is 1. The quantitative estimate of drug-likeness (QED) is 0.780. The monoisotopic (exact) mass is 251 g/mol. The maximum atomic E-state index is 5.67. The first kappa shape index (κ1) is 10.8. The van der Waals surface area contributed by atoms with Crippen molar-refractivity contribution in [3.05, 3.63) is 6.33 Å². The number of hydrogen-bond donors (Lipinski definition) is 2. The summed E-state index contributed by atoms with van der Waals surface area (Å²) in [6.07, 6.45) is 3.71. The predicted octanol–water partition coefficient (Wildman–Crippen LogP) is 1.21. The summed E-state index contributed by atoms with van der Waals surface area (Å²) in [6, 6.07) is 0. The fraction of sp³-hybridized carbons (Fsp3) is 0.500. The van der Waals surface area contributed by atoms with Gasteiger partial charge in [-0.25, -0.2) is 9.97 Å². The molecule has 90 valence electrons. The van der Waals surface area contributed by atoms with Gasteiger partial charge < -0.3 is 15.5 Å². The Hall–Kier alpha value is -1.34. The Morgan fingerprint density at radius 3 is 3.00 bits per heavy atom. The molecule has 7 heteroatoms. The van der Waals surface area contributed by atoms with Gasteiger partial charge in [-0.05, 0) is 12.8 Å². The normalized spacial score (nSPS) is 17.6. The van der Waals surface area contributed by atoms with Gasteiger partial charge in [0.2, 0.25) is 5.95 Å². The third-order valence-corrected chi connectivity index (χ3v) is 4.04. The fourth-order valence-corrected chi connectivity index (χ4v) is 3.02. The number of nitrogens with two attached hydrogens (primary N) is 1. The van der Waals surface area contributed by atoms with Gasteiger partial charge in [0, 0.05) is 18.5 Å². The van der Waals surface area contributed by atoms with Crippen molar-refractivity contribution in [1.29, 1.82) is 0 Å². The van der Waals surface area contributed by atoms with E-state index in [-0.39, 0.29) is 5.95 Å². The third-order valence-electron chi connectivity index (χ3n) is 2.72. The molecule has 1 aliphatic rings. The summed E-state index contributed by atoms with van der Waals surface area (Å²) in [5.41, 5.74) is 7.18. The van der Waals surface area contributed by atoms with E-state index in [2.05, 4.69) is 19.9 Å². The lowest BCUT2D eigenvalue weighted by atomic mass is 10.2. The molecule has 3 N–H and O–H groups in total. The standard InChI is InChI=1S/C10H13N5OS/c11-10-14-8-7(12-5-13-8)9(15-10)17-6-1-3-16-4-2-6/h5-6H,1-4H2,(H3,11,12,13,14,15). The fourth-order valence-electron chi connectivity index (χ4n) is 1.86. The van der Waals surface area contributed by atoms with Gasteiger partial charge in [-0.3, -0.25) is 0 Å². The number of aromatic amines is 1. The smallest absolute Gasteiger partial charge is 0.223 e. The maximum Gasteiger partial charge on any atom is 0.223 e. The molecule has 1 fully saturated rings. The number of nitrogen functional groups attached to an aromatic ring is 1. The van der Waals surface area contributed by atoms with E-state index >= 15 is 0 Å². The zero-order valence-corrected chi connectivity index (χ0v) is 10.0. The topological polar surface area (TPSA) is 89.7 Å². The Morgan fingerprint density at radius 2 is 2.18 bits per heavy atom. The Kier molecular flexibility index (Phi) is 2.86. The lowest BCUT2D eigenvalue weighted by Crippen LogP contribution is -2.17. The van der Waals surface area contributed by atoms with E-state index in [1.54, 1.807) is 18.1 Å². The van der Waals surface area contributed by atoms with Crippen LogP contribution in [-0.2, 0) is 4.74 Å². The number of nitrogens with zero attached hydrogens (tertiary/aromatic N) is 3. The van der Waals surface area contributed by atoms with E-state index in [0.717, 1.165) is 36.6 Å². The molecule has 0 aliphatic carbocycles. The predicted molar refractivity (Wildman–Crippen MR) is 65.8 cm³/mol. The second-order valence-corrected chi connectivity index (χ2v) is 5.21. The van der Waals surface area contributed by atoms with Crippen molar-refractivity contribution < 1.29 is 4.74 Å². The largest absolute Gasteiger partial charge is 0.381 e. The molecule has 0 spiro atoms. The van der Waals surface area contributed by atoms with Crippen LogP contribution in [0.5, 0.6) is 0 Å². The van der Waals surface area contributed by atoms with E-state index in [1.165, 1.54) is 0 Å². The number of ether oxygens (including phenoxy) is 1. The summed E-state index contributed by atoms with van der Waals surface area (Å²) < 4.78 is 5.34. The van der Waals surface area contributed by atoms with Crippen LogP contribution in [0, 0.1) is 0 Å². The van der Waals surface area contributed by atoms with Crippen LogP contribution in [0.25, 0.3) is 11.2 Å². The number of hydrogen-bond acceptors (Lipinski definition) is 6. The lowest BCUT2D eigenvalue weighted by Gasteiger charge is -2.20. The first-order valence-electron chi connectivity index (χ1n) is 5.54. The zero-order valence-electron chi connectivity index (χ0n) is 9.22. The zero-order chi connectivity index (χ0) is 11.7. The minimum Gasteiger partial charge on any atom is -0.381 e. The van der Waals surface area contributed by atoms with Gasteiger partial charge in [0.1, 0.15) is 10.5 Å². The van der Waals surface area contributed by atoms with E-state index in [0.29, 0.717) is 10.9 Å². The number of anilines is 1. The van der Waals surface area contributed by atoms with E-state index in [4.69, 9.17) is 10.5 Å². The van der Waals surface area contributed by atoms with Crippen LogP contribution in [0.1, 0.15) is 12.8 Å². The van der Waals surface area contributed by atoms with E-state index in [9.17, 15) is 0 Å². The van der Waals surface area contributed by atoms with Crippen molar-refractivity contribution >= 4 is 28.9 Å². The van der Waals surface area contributed by atoms with Gasteiger partial charge >= 0.3 is 0 Å². The van der Waals surface area contributed by atoms with Crippen LogP contribution in [-0.4, -0.2) is 38.4 Å². The number of nitrogens with one attached hydrogen (secondary N) is 1. The maximum absolute atomic E-state index is 5.67. The van der Waals surface area contributed by atoms with Crippen molar-refractivity contribution in [2.24, 2.45) is 0 Å². The number of H-pyrrole nitrogens is 1. The second kappa shape index (κ2) is 4.50. The van der Waals surface area contributed by atoms with Crippen molar-refractivity contribution in [3.8, 4) is 0 Å². The minimum atomic E-state index is 0.277. The molecule has 0 atom stereocenters. The molecular weight excluding hydrogens is 238 g/mol. The SMILES string of the molecule is Nc1nc(SC2CCOCC2)c2[nH]cnc2n1. The molecule has 3 rings (SSSR count). The molecule has 3 heterocycles. The molecule has 0 amide bonds. The van der Waals surface area contributed by atoms with Crippen molar-refractivity contribution in [2.75, 3.05) is 18.9 Å². The van der Waals surface area contributed by atoms with Crippen LogP contribution in [0.2, 0.25) is 0 Å². The Morgan fingerprint density at radius 1 is 1.35 bits per heavy atom. The van der Waals surface area contributed by atoms with Gasteiger partial charge in [0.25, 0.3) is 0 Å². The Labute approximate surface area is 102 Å². The molecule has 2 aromatic heterocycles. The third kappa shape index (κ3) is 2.20. The minimum absolute atomic E-state index is 0.277. The van der Waals surface area contributed by atoms with Crippen LogP contribution in [0.4, 0.5) is 5.95 Å². The molecule has 0 unspecified atom stereocenters. The van der Waals surface area contributed by atoms with Gasteiger partial charge in [-0.2, -0.15) is 4.98 Å².